The van der Waals surface area contributed by atoms with Crippen molar-refractivity contribution in [2.75, 3.05) is 13.1 Å². The zero-order chi connectivity index (χ0) is 17.6. The number of hydrogen-bond donors (Lipinski definition) is 0. The monoisotopic (exact) mass is 335 g/mol. The van der Waals surface area contributed by atoms with E-state index in [1.165, 1.54) is 34.1 Å². The minimum atomic E-state index is 0.515. The highest BCUT2D eigenvalue weighted by Crippen LogP contribution is 2.40. The van der Waals surface area contributed by atoms with Crippen molar-refractivity contribution in [2.24, 2.45) is 5.92 Å². The Bertz CT molecular complexity index is 852. The van der Waals surface area contributed by atoms with Crippen molar-refractivity contribution < 1.29 is 4.42 Å². The first-order valence-corrected chi connectivity index (χ1v) is 9.61. The minimum absolute atomic E-state index is 0.515. The van der Waals surface area contributed by atoms with Crippen molar-refractivity contribution >= 4 is 11.0 Å². The van der Waals surface area contributed by atoms with Crippen LogP contribution in [-0.4, -0.2) is 18.0 Å². The van der Waals surface area contributed by atoms with Gasteiger partial charge >= 0.3 is 0 Å². The normalized spacial score (nSPS) is 21.8. The van der Waals surface area contributed by atoms with Crippen LogP contribution >= 0.6 is 0 Å². The molecule has 0 bridgehead atoms. The van der Waals surface area contributed by atoms with E-state index in [-0.39, 0.29) is 0 Å². The van der Waals surface area contributed by atoms with Crippen molar-refractivity contribution in [3.05, 3.63) is 58.4 Å². The second-order valence-electron chi connectivity index (χ2n) is 8.34. The van der Waals surface area contributed by atoms with E-state index in [2.05, 4.69) is 56.9 Å². The fourth-order valence-electron chi connectivity index (χ4n) is 4.59. The number of fused-ring (bicyclic) bond motifs is 4. The first-order chi connectivity index (χ1) is 12.0. The van der Waals surface area contributed by atoms with Crippen molar-refractivity contribution in [2.45, 2.75) is 53.0 Å². The van der Waals surface area contributed by atoms with Crippen LogP contribution in [0.3, 0.4) is 0 Å². The summed E-state index contributed by atoms with van der Waals surface area (Å²) in [7, 11) is 0. The van der Waals surface area contributed by atoms with Gasteiger partial charge in [-0.2, -0.15) is 0 Å². The molecule has 0 saturated heterocycles. The molecule has 2 aromatic rings. The van der Waals surface area contributed by atoms with E-state index in [9.17, 15) is 0 Å². The van der Waals surface area contributed by atoms with Crippen molar-refractivity contribution in [3.63, 3.8) is 0 Å². The van der Waals surface area contributed by atoms with Crippen LogP contribution < -0.4 is 0 Å². The van der Waals surface area contributed by atoms with Crippen LogP contribution in [0.2, 0.25) is 0 Å². The second-order valence-corrected chi connectivity index (χ2v) is 8.34. The summed E-state index contributed by atoms with van der Waals surface area (Å²) < 4.78 is 5.66. The second kappa shape index (κ2) is 6.49. The predicted molar refractivity (Wildman–Crippen MR) is 105 cm³/mol. The van der Waals surface area contributed by atoms with Gasteiger partial charge in [0.25, 0.3) is 0 Å². The first-order valence-electron chi connectivity index (χ1n) is 9.61. The van der Waals surface area contributed by atoms with Gasteiger partial charge in [-0.05, 0) is 73.9 Å². The first kappa shape index (κ1) is 16.7. The Morgan fingerprint density at radius 1 is 1.36 bits per heavy atom. The number of hydrogen-bond acceptors (Lipinski definition) is 2. The summed E-state index contributed by atoms with van der Waals surface area (Å²) in [5.74, 6) is 0.728. The Kier molecular flexibility index (Phi) is 4.33. The van der Waals surface area contributed by atoms with Crippen molar-refractivity contribution in [3.8, 4) is 0 Å². The lowest BCUT2D eigenvalue weighted by Crippen LogP contribution is -2.39. The summed E-state index contributed by atoms with van der Waals surface area (Å²) in [5, 5.41) is 1.24. The molecule has 0 spiro atoms. The summed E-state index contributed by atoms with van der Waals surface area (Å²) in [6.45, 7) is 11.5. The highest BCUT2D eigenvalue weighted by molar-refractivity contribution is 5.79. The molecule has 0 fully saturated rings. The zero-order valence-corrected chi connectivity index (χ0v) is 15.9. The molecule has 0 amide bonds. The molecule has 2 aliphatic rings. The van der Waals surface area contributed by atoms with Gasteiger partial charge in [0.05, 0.1) is 6.26 Å². The molecule has 1 aromatic heterocycles. The van der Waals surface area contributed by atoms with Crippen LogP contribution in [0.25, 0.3) is 11.0 Å². The Labute approximate surface area is 151 Å². The van der Waals surface area contributed by atoms with Crippen molar-refractivity contribution in [1.29, 1.82) is 0 Å². The lowest BCUT2D eigenvalue weighted by molar-refractivity contribution is 0.189. The van der Waals surface area contributed by atoms with E-state index >= 15 is 0 Å². The third kappa shape index (κ3) is 3.20. The summed E-state index contributed by atoms with van der Waals surface area (Å²) in [6, 6.07) is 7.22. The Balaban J connectivity index is 1.65. The van der Waals surface area contributed by atoms with E-state index in [1.54, 1.807) is 11.8 Å². The van der Waals surface area contributed by atoms with Crippen LogP contribution in [-0.2, 0) is 6.42 Å². The molecule has 1 aromatic carbocycles. The molecule has 132 valence electrons. The van der Waals surface area contributed by atoms with E-state index in [1.807, 2.05) is 0 Å². The van der Waals surface area contributed by atoms with E-state index < -0.39 is 0 Å². The van der Waals surface area contributed by atoms with Gasteiger partial charge in [0.1, 0.15) is 5.58 Å². The highest BCUT2D eigenvalue weighted by atomic mass is 16.3. The largest absolute Gasteiger partial charge is 0.464 e. The molecule has 0 saturated carbocycles. The molecule has 4 rings (SSSR count). The standard InChI is InChI=1S/C23H29NO/c1-15(2)9-16(3)10-20-14-24-7-5-18-12-19-6-8-25-23(19)13-21(18)22(24)11-17(20)4/h6,8,10,12-13,15,22H,5,7,9,11,14H2,1-4H3/b16-10+. The molecule has 25 heavy (non-hydrogen) atoms. The molecule has 2 heteroatoms. The van der Waals surface area contributed by atoms with Crippen LogP contribution in [0.15, 0.2) is 51.7 Å². The maximum atomic E-state index is 5.66. The van der Waals surface area contributed by atoms with Gasteiger partial charge in [0.15, 0.2) is 0 Å². The van der Waals surface area contributed by atoms with E-state index in [0.29, 0.717) is 6.04 Å². The lowest BCUT2D eigenvalue weighted by atomic mass is 9.83. The van der Waals surface area contributed by atoms with Crippen LogP contribution in [0.4, 0.5) is 0 Å². The van der Waals surface area contributed by atoms with Crippen LogP contribution in [0, 0.1) is 5.92 Å². The highest BCUT2D eigenvalue weighted by Gasteiger charge is 2.32. The molecule has 1 unspecified atom stereocenters. The summed E-state index contributed by atoms with van der Waals surface area (Å²) in [5.41, 5.74) is 8.62. The molecule has 2 aliphatic heterocycles. The van der Waals surface area contributed by atoms with Gasteiger partial charge in [-0.3, -0.25) is 4.90 Å². The Hall–Kier alpha value is -1.80. The Morgan fingerprint density at radius 3 is 3.00 bits per heavy atom. The van der Waals surface area contributed by atoms with E-state index in [4.69, 9.17) is 4.42 Å². The summed E-state index contributed by atoms with van der Waals surface area (Å²) in [4.78, 5) is 2.67. The number of furan rings is 1. The van der Waals surface area contributed by atoms with Gasteiger partial charge in [0.2, 0.25) is 0 Å². The third-order valence-electron chi connectivity index (χ3n) is 5.75. The molecule has 1 atom stereocenters. The lowest BCUT2D eigenvalue weighted by Gasteiger charge is -2.41. The number of nitrogens with zero attached hydrogens (tertiary/aromatic N) is 1. The van der Waals surface area contributed by atoms with Gasteiger partial charge in [-0.15, -0.1) is 0 Å². The van der Waals surface area contributed by atoms with Gasteiger partial charge < -0.3 is 4.42 Å². The number of allylic oxidation sites excluding steroid dienone is 1. The van der Waals surface area contributed by atoms with Gasteiger partial charge in [-0.25, -0.2) is 0 Å². The average Bonchev–Trinajstić information content (AvgIpc) is 3.00. The maximum Gasteiger partial charge on any atom is 0.134 e. The fraction of sp³-hybridized carbons (Fsp3) is 0.478. The predicted octanol–water partition coefficient (Wildman–Crippen LogP) is 6.04. The SMILES string of the molecule is CC1=C(/C=C(\C)CC(C)C)CN2CCc3cc4ccoc4cc3C2C1. The molecule has 2 nitrogen and oxygen atoms in total. The molecule has 0 N–H and O–H groups in total. The van der Waals surface area contributed by atoms with Gasteiger partial charge in [0, 0.05) is 24.5 Å². The third-order valence-corrected chi connectivity index (χ3v) is 5.75. The molecule has 0 radical (unpaired) electrons. The maximum absolute atomic E-state index is 5.66. The number of benzene rings is 1. The van der Waals surface area contributed by atoms with E-state index in [0.717, 1.165) is 37.4 Å². The number of rotatable bonds is 3. The summed E-state index contributed by atoms with van der Waals surface area (Å²) in [6.07, 6.45) is 7.74. The fourth-order valence-corrected chi connectivity index (χ4v) is 4.59. The molecular formula is C23H29NO. The smallest absolute Gasteiger partial charge is 0.134 e. The topological polar surface area (TPSA) is 16.4 Å². The Morgan fingerprint density at radius 2 is 2.20 bits per heavy atom. The molecule has 3 heterocycles. The molecular weight excluding hydrogens is 306 g/mol. The zero-order valence-electron chi connectivity index (χ0n) is 15.9. The van der Waals surface area contributed by atoms with Crippen LogP contribution in [0.1, 0.15) is 57.7 Å². The molecule has 0 aliphatic carbocycles. The summed E-state index contributed by atoms with van der Waals surface area (Å²) >= 11 is 0. The van der Waals surface area contributed by atoms with Crippen molar-refractivity contribution in [1.82, 2.24) is 4.90 Å². The van der Waals surface area contributed by atoms with Crippen LogP contribution in [0.5, 0.6) is 0 Å². The van der Waals surface area contributed by atoms with Gasteiger partial charge in [-0.1, -0.05) is 31.1 Å². The minimum Gasteiger partial charge on any atom is -0.464 e. The quantitative estimate of drug-likeness (QED) is 0.679. The average molecular weight is 335 g/mol.